The summed E-state index contributed by atoms with van der Waals surface area (Å²) in [5, 5.41) is 0. The van der Waals surface area contributed by atoms with Crippen molar-refractivity contribution in [2.45, 2.75) is 51.0 Å². The summed E-state index contributed by atoms with van der Waals surface area (Å²) in [5.41, 5.74) is 7.12. The van der Waals surface area contributed by atoms with Gasteiger partial charge in [0.25, 0.3) is 11.8 Å². The predicted octanol–water partition coefficient (Wildman–Crippen LogP) is 4.67. The second kappa shape index (κ2) is 10.6. The van der Waals surface area contributed by atoms with Crippen molar-refractivity contribution in [3.8, 4) is 11.5 Å². The normalized spacial score (nSPS) is 20.4. The summed E-state index contributed by atoms with van der Waals surface area (Å²) < 4.78 is 10.4. The van der Waals surface area contributed by atoms with Crippen molar-refractivity contribution in [3.05, 3.63) is 59.7 Å². The average molecular weight is 439 g/mol. The van der Waals surface area contributed by atoms with Gasteiger partial charge in [0.2, 0.25) is 0 Å². The Hall–Kier alpha value is -2.86. The molecule has 0 aromatic heterocycles. The fourth-order valence-corrected chi connectivity index (χ4v) is 4.24. The van der Waals surface area contributed by atoms with Gasteiger partial charge >= 0.3 is 0 Å². The number of rotatable bonds is 8. The molecule has 2 aromatic rings. The van der Waals surface area contributed by atoms with E-state index in [0.717, 1.165) is 38.5 Å². The largest absolute Gasteiger partial charge is 0.497 e. The molecule has 1 fully saturated rings. The lowest BCUT2D eigenvalue weighted by molar-refractivity contribution is 0.0610. The molecule has 0 spiro atoms. The summed E-state index contributed by atoms with van der Waals surface area (Å²) >= 11 is 0. The average Bonchev–Trinajstić information content (AvgIpc) is 2.82. The molecule has 32 heavy (non-hydrogen) atoms. The van der Waals surface area contributed by atoms with E-state index in [1.807, 2.05) is 0 Å². The topological polar surface area (TPSA) is 81.9 Å². The minimum atomic E-state index is -0.299. The first-order valence-corrected chi connectivity index (χ1v) is 11.3. The molecule has 2 N–H and O–H groups in total. The van der Waals surface area contributed by atoms with Gasteiger partial charge in [0.1, 0.15) is 11.5 Å². The molecular formula is C26H34N2O4. The molecular weight excluding hydrogens is 404 g/mol. The highest BCUT2D eigenvalue weighted by molar-refractivity contribution is 6.10. The molecule has 6 nitrogen and oxygen atoms in total. The molecule has 0 atom stereocenters. The smallest absolute Gasteiger partial charge is 0.260 e. The van der Waals surface area contributed by atoms with Gasteiger partial charge in [0.15, 0.2) is 0 Å². The van der Waals surface area contributed by atoms with Gasteiger partial charge in [-0.05, 0) is 99.9 Å². The highest BCUT2D eigenvalue weighted by Crippen LogP contribution is 2.32. The van der Waals surface area contributed by atoms with Crippen LogP contribution in [0.15, 0.2) is 48.5 Å². The molecule has 172 valence electrons. The minimum absolute atomic E-state index is 0.0583. The minimum Gasteiger partial charge on any atom is -0.497 e. The van der Waals surface area contributed by atoms with Gasteiger partial charge in [-0.25, -0.2) is 0 Å². The van der Waals surface area contributed by atoms with Crippen LogP contribution in [-0.4, -0.2) is 43.0 Å². The molecule has 1 aliphatic rings. The number of carbonyl (C=O) groups excluding carboxylic acids is 2. The van der Waals surface area contributed by atoms with Crippen LogP contribution in [0.1, 0.15) is 66.2 Å². The molecule has 3 rings (SSSR count). The van der Waals surface area contributed by atoms with Gasteiger partial charge in [-0.1, -0.05) is 0 Å². The Balaban J connectivity index is 1.72. The van der Waals surface area contributed by atoms with Crippen molar-refractivity contribution in [1.29, 1.82) is 0 Å². The first-order valence-electron chi connectivity index (χ1n) is 11.3. The van der Waals surface area contributed by atoms with Gasteiger partial charge < -0.3 is 15.2 Å². The van der Waals surface area contributed by atoms with Crippen molar-refractivity contribution in [2.75, 3.05) is 20.8 Å². The lowest BCUT2D eigenvalue weighted by Crippen LogP contribution is -2.40. The van der Waals surface area contributed by atoms with Crippen LogP contribution in [0.25, 0.3) is 0 Å². The second-order valence-corrected chi connectivity index (χ2v) is 8.96. The maximum Gasteiger partial charge on any atom is 0.260 e. The van der Waals surface area contributed by atoms with Crippen molar-refractivity contribution in [2.24, 2.45) is 11.7 Å². The fraction of sp³-hybridized carbons (Fsp3) is 0.462. The number of amides is 2. The maximum absolute atomic E-state index is 13.3. The third kappa shape index (κ3) is 6.10. The van der Waals surface area contributed by atoms with E-state index in [0.29, 0.717) is 35.1 Å². The lowest BCUT2D eigenvalue weighted by atomic mass is 9.77. The zero-order chi connectivity index (χ0) is 23.1. The van der Waals surface area contributed by atoms with Crippen molar-refractivity contribution < 1.29 is 19.1 Å². The van der Waals surface area contributed by atoms with Crippen LogP contribution < -0.4 is 15.2 Å². The van der Waals surface area contributed by atoms with Gasteiger partial charge in [0.05, 0.1) is 14.2 Å². The predicted molar refractivity (Wildman–Crippen MR) is 125 cm³/mol. The molecule has 0 saturated heterocycles. The standard InChI is InChI=1S/C26H34N2O4/c1-26(27)16-14-19(15-17-26)5-4-18-28(24(29)20-6-10-22(31-2)11-7-20)25(30)21-8-12-23(32-3)13-9-21/h6-13,19H,4-5,14-18,27H2,1-3H3. The highest BCUT2D eigenvalue weighted by Gasteiger charge is 2.28. The van der Waals surface area contributed by atoms with E-state index < -0.39 is 0 Å². The van der Waals surface area contributed by atoms with Gasteiger partial charge in [-0.2, -0.15) is 0 Å². The summed E-state index contributed by atoms with van der Waals surface area (Å²) in [6.07, 6.45) is 6.01. The van der Waals surface area contributed by atoms with E-state index in [4.69, 9.17) is 15.2 Å². The molecule has 0 radical (unpaired) electrons. The van der Waals surface area contributed by atoms with Gasteiger partial charge in [-0.3, -0.25) is 14.5 Å². The Labute approximate surface area is 190 Å². The number of nitrogens with two attached hydrogens (primary N) is 1. The van der Waals surface area contributed by atoms with E-state index in [-0.39, 0.29) is 17.4 Å². The van der Waals surface area contributed by atoms with Gasteiger partial charge in [-0.15, -0.1) is 0 Å². The third-order valence-corrected chi connectivity index (χ3v) is 6.41. The molecule has 0 heterocycles. The molecule has 6 heteroatoms. The Morgan fingerprint density at radius 1 is 0.906 bits per heavy atom. The number of ether oxygens (including phenoxy) is 2. The molecule has 2 aromatic carbocycles. The SMILES string of the molecule is COc1ccc(C(=O)N(CCCC2CCC(C)(N)CC2)C(=O)c2ccc(OC)cc2)cc1. The number of methoxy groups -OCH3 is 2. The summed E-state index contributed by atoms with van der Waals surface area (Å²) in [6, 6.07) is 13.7. The van der Waals surface area contributed by atoms with Crippen LogP contribution in [0.4, 0.5) is 0 Å². The Morgan fingerprint density at radius 2 is 1.34 bits per heavy atom. The first kappa shape index (κ1) is 23.8. The van der Waals surface area contributed by atoms with Gasteiger partial charge in [0, 0.05) is 23.2 Å². The van der Waals surface area contributed by atoms with Crippen molar-refractivity contribution in [3.63, 3.8) is 0 Å². The molecule has 1 aliphatic carbocycles. The van der Waals surface area contributed by atoms with E-state index >= 15 is 0 Å². The number of hydrogen-bond donors (Lipinski definition) is 1. The fourth-order valence-electron chi connectivity index (χ4n) is 4.24. The van der Waals surface area contributed by atoms with E-state index in [9.17, 15) is 9.59 Å². The second-order valence-electron chi connectivity index (χ2n) is 8.96. The Bertz CT molecular complexity index is 837. The van der Waals surface area contributed by atoms with Crippen molar-refractivity contribution in [1.82, 2.24) is 4.90 Å². The summed E-state index contributed by atoms with van der Waals surface area (Å²) in [5.74, 6) is 1.33. The van der Waals surface area contributed by atoms with Crippen LogP contribution >= 0.6 is 0 Å². The zero-order valence-electron chi connectivity index (χ0n) is 19.3. The highest BCUT2D eigenvalue weighted by atomic mass is 16.5. The van der Waals surface area contributed by atoms with Crippen molar-refractivity contribution >= 4 is 11.8 Å². The summed E-state index contributed by atoms with van der Waals surface area (Å²) in [6.45, 7) is 2.50. The van der Waals surface area contributed by atoms with Crippen LogP contribution in [0.5, 0.6) is 11.5 Å². The maximum atomic E-state index is 13.3. The van der Waals surface area contributed by atoms with Crippen LogP contribution in [0.3, 0.4) is 0 Å². The Morgan fingerprint density at radius 3 is 1.75 bits per heavy atom. The lowest BCUT2D eigenvalue weighted by Gasteiger charge is -2.34. The van der Waals surface area contributed by atoms with E-state index in [2.05, 4.69) is 6.92 Å². The zero-order valence-corrected chi connectivity index (χ0v) is 19.3. The van der Waals surface area contributed by atoms with Crippen LogP contribution in [-0.2, 0) is 0 Å². The van der Waals surface area contributed by atoms with E-state index in [1.54, 1.807) is 62.8 Å². The molecule has 1 saturated carbocycles. The number of nitrogens with zero attached hydrogens (tertiary/aromatic N) is 1. The third-order valence-electron chi connectivity index (χ3n) is 6.41. The van der Waals surface area contributed by atoms with Crippen LogP contribution in [0, 0.1) is 5.92 Å². The Kier molecular flexibility index (Phi) is 7.91. The number of carbonyl (C=O) groups is 2. The number of hydrogen-bond acceptors (Lipinski definition) is 5. The summed E-state index contributed by atoms with van der Waals surface area (Å²) in [4.78, 5) is 27.9. The number of benzene rings is 2. The number of imide groups is 1. The first-order chi connectivity index (χ1) is 15.3. The van der Waals surface area contributed by atoms with Crippen LogP contribution in [0.2, 0.25) is 0 Å². The quantitative estimate of drug-likeness (QED) is 0.606. The summed E-state index contributed by atoms with van der Waals surface area (Å²) in [7, 11) is 3.16. The molecule has 2 amide bonds. The monoisotopic (exact) mass is 438 g/mol. The molecule has 0 aliphatic heterocycles. The molecule has 0 bridgehead atoms. The van der Waals surface area contributed by atoms with E-state index in [1.165, 1.54) is 4.90 Å². The molecule has 0 unspecified atom stereocenters.